The number of hydrogen-bond acceptors (Lipinski definition) is 5. The molecule has 18 heavy (non-hydrogen) atoms. The molecule has 100 valence electrons. The monoisotopic (exact) mass is 368 g/mol. The number of H-pyrrole nitrogens is 1. The normalized spacial score (nSPS) is 27.6. The number of nitrogens with one attached hydrogen (secondary N) is 1. The molecule has 0 radical (unpaired) electrons. The van der Waals surface area contributed by atoms with Crippen molar-refractivity contribution in [1.29, 1.82) is 0 Å². The van der Waals surface area contributed by atoms with E-state index in [-0.39, 0.29) is 13.0 Å². The molecular formula is C10H13IN2O5. The third kappa shape index (κ3) is 2.66. The second kappa shape index (κ2) is 5.51. The van der Waals surface area contributed by atoms with Crippen molar-refractivity contribution in [1.82, 2.24) is 9.55 Å². The van der Waals surface area contributed by atoms with Gasteiger partial charge < -0.3 is 14.6 Å². The fourth-order valence-electron chi connectivity index (χ4n) is 1.87. The average Bonchev–Trinajstić information content (AvgIpc) is 2.66. The minimum absolute atomic E-state index is 0.257. The second-order valence-corrected chi connectivity index (χ2v) is 5.19. The molecule has 0 amide bonds. The number of rotatable bonds is 3. The molecule has 1 aromatic rings. The summed E-state index contributed by atoms with van der Waals surface area (Å²) in [5.41, 5.74) is -0.973. The third-order valence-corrected chi connectivity index (χ3v) is 3.54. The molecule has 3 atom stereocenters. The predicted molar refractivity (Wildman–Crippen MR) is 70.4 cm³/mol. The first-order valence-corrected chi connectivity index (χ1v) is 6.44. The zero-order chi connectivity index (χ0) is 13.3. The van der Waals surface area contributed by atoms with E-state index in [4.69, 9.17) is 9.47 Å². The topological polar surface area (TPSA) is 93.5 Å². The molecule has 1 aromatic heterocycles. The number of halogens is 1. The lowest BCUT2D eigenvalue weighted by atomic mass is 10.2. The first-order chi connectivity index (χ1) is 8.52. The van der Waals surface area contributed by atoms with Gasteiger partial charge in [0.05, 0.1) is 16.3 Å². The van der Waals surface area contributed by atoms with Crippen molar-refractivity contribution < 1.29 is 14.6 Å². The Morgan fingerprint density at radius 1 is 1.67 bits per heavy atom. The smallest absolute Gasteiger partial charge is 0.330 e. The molecule has 2 heterocycles. The summed E-state index contributed by atoms with van der Waals surface area (Å²) in [5, 5.41) is 9.77. The zero-order valence-electron chi connectivity index (χ0n) is 9.63. The highest BCUT2D eigenvalue weighted by Crippen LogP contribution is 2.27. The maximum absolute atomic E-state index is 11.7. The van der Waals surface area contributed by atoms with Crippen molar-refractivity contribution in [3.05, 3.63) is 30.6 Å². The number of aliphatic hydroxyl groups is 1. The number of nitrogens with zero attached hydrogens (tertiary/aromatic N) is 1. The van der Waals surface area contributed by atoms with Crippen LogP contribution in [0.2, 0.25) is 0 Å². The van der Waals surface area contributed by atoms with Crippen LogP contribution in [-0.2, 0) is 9.47 Å². The van der Waals surface area contributed by atoms with E-state index in [2.05, 4.69) is 4.98 Å². The number of ether oxygens (including phenoxy) is 2. The van der Waals surface area contributed by atoms with E-state index in [1.807, 2.05) is 22.6 Å². The molecule has 0 aliphatic carbocycles. The highest BCUT2D eigenvalue weighted by molar-refractivity contribution is 14.1. The van der Waals surface area contributed by atoms with Crippen LogP contribution >= 0.6 is 22.6 Å². The molecule has 1 fully saturated rings. The molecule has 0 saturated carbocycles. The molecule has 2 rings (SSSR count). The van der Waals surface area contributed by atoms with Crippen LogP contribution in [0.5, 0.6) is 0 Å². The lowest BCUT2D eigenvalue weighted by molar-refractivity contribution is -0.0547. The van der Waals surface area contributed by atoms with Crippen molar-refractivity contribution in [2.75, 3.05) is 13.7 Å². The summed E-state index contributed by atoms with van der Waals surface area (Å²) in [5.74, 6) is 0. The number of aliphatic hydroxyl groups excluding tert-OH is 1. The van der Waals surface area contributed by atoms with E-state index in [9.17, 15) is 14.7 Å². The summed E-state index contributed by atoms with van der Waals surface area (Å²) < 4.78 is 12.1. The van der Waals surface area contributed by atoms with Crippen LogP contribution < -0.4 is 11.2 Å². The minimum atomic E-state index is -0.688. The van der Waals surface area contributed by atoms with Gasteiger partial charge in [-0.15, -0.1) is 0 Å². The Balaban J connectivity index is 2.26. The number of aromatic nitrogens is 2. The van der Waals surface area contributed by atoms with Crippen LogP contribution in [0.3, 0.4) is 0 Å². The van der Waals surface area contributed by atoms with Gasteiger partial charge in [0, 0.05) is 19.7 Å². The molecule has 0 aromatic carbocycles. The number of hydrogen-bond donors (Lipinski definition) is 2. The Morgan fingerprint density at radius 3 is 3.06 bits per heavy atom. The molecule has 8 heteroatoms. The van der Waals surface area contributed by atoms with Gasteiger partial charge in [0.2, 0.25) is 0 Å². The van der Waals surface area contributed by atoms with Crippen LogP contribution in [0.15, 0.2) is 15.8 Å². The Morgan fingerprint density at radius 2 is 2.39 bits per heavy atom. The molecular weight excluding hydrogens is 355 g/mol. The van der Waals surface area contributed by atoms with Gasteiger partial charge in [-0.05, 0) is 22.6 Å². The van der Waals surface area contributed by atoms with Crippen molar-refractivity contribution in [2.45, 2.75) is 24.9 Å². The molecule has 1 unspecified atom stereocenters. The van der Waals surface area contributed by atoms with E-state index in [1.165, 1.54) is 17.9 Å². The van der Waals surface area contributed by atoms with Crippen molar-refractivity contribution >= 4 is 22.6 Å². The Kier molecular flexibility index (Phi) is 4.20. The Bertz CT molecular complexity index is 540. The van der Waals surface area contributed by atoms with E-state index < -0.39 is 29.7 Å². The molecule has 1 aliphatic heterocycles. The fraction of sp³-hybridized carbons (Fsp3) is 0.600. The maximum Gasteiger partial charge on any atom is 0.330 e. The van der Waals surface area contributed by atoms with E-state index in [0.29, 0.717) is 3.57 Å². The van der Waals surface area contributed by atoms with Gasteiger partial charge >= 0.3 is 5.69 Å². The Labute approximate surface area is 116 Å². The van der Waals surface area contributed by atoms with Gasteiger partial charge in [0.25, 0.3) is 5.56 Å². The first kappa shape index (κ1) is 13.7. The fourth-order valence-corrected chi connectivity index (χ4v) is 2.31. The highest BCUT2D eigenvalue weighted by atomic mass is 127. The van der Waals surface area contributed by atoms with Gasteiger partial charge in [-0.3, -0.25) is 14.3 Å². The van der Waals surface area contributed by atoms with Gasteiger partial charge in [-0.1, -0.05) is 0 Å². The van der Waals surface area contributed by atoms with Crippen molar-refractivity contribution in [3.8, 4) is 0 Å². The number of methoxy groups -OCH3 is 1. The van der Waals surface area contributed by atoms with E-state index >= 15 is 0 Å². The summed E-state index contributed by atoms with van der Waals surface area (Å²) >= 11 is 1.83. The zero-order valence-corrected chi connectivity index (χ0v) is 11.8. The van der Waals surface area contributed by atoms with Gasteiger partial charge in [0.1, 0.15) is 12.3 Å². The maximum atomic E-state index is 11.7. The summed E-state index contributed by atoms with van der Waals surface area (Å²) in [7, 11) is 1.51. The summed E-state index contributed by atoms with van der Waals surface area (Å²) in [6.45, 7) is 0.257. The lowest BCUT2D eigenvalue weighted by Crippen LogP contribution is -2.33. The van der Waals surface area contributed by atoms with Gasteiger partial charge in [-0.2, -0.15) is 0 Å². The van der Waals surface area contributed by atoms with Crippen molar-refractivity contribution in [3.63, 3.8) is 0 Å². The Hall–Kier alpha value is -0.710. The van der Waals surface area contributed by atoms with E-state index in [1.54, 1.807) is 0 Å². The molecule has 0 bridgehead atoms. The van der Waals surface area contributed by atoms with Gasteiger partial charge in [0.15, 0.2) is 0 Å². The minimum Gasteiger partial charge on any atom is -0.390 e. The second-order valence-electron chi connectivity index (χ2n) is 4.03. The van der Waals surface area contributed by atoms with Crippen LogP contribution in [0, 0.1) is 3.57 Å². The van der Waals surface area contributed by atoms with Crippen LogP contribution in [-0.4, -0.2) is 40.6 Å². The van der Waals surface area contributed by atoms with Gasteiger partial charge in [-0.25, -0.2) is 4.79 Å². The molecule has 7 nitrogen and oxygen atoms in total. The standard InChI is InChI=1S/C10H13IN2O5/c1-17-4-7-6(14)2-8(18-7)13-3-5(11)9(15)12-10(13)16/h3,6-8,14H,2,4H2,1H3,(H,12,15,16)/t6?,7-,8-/m1/s1. The van der Waals surface area contributed by atoms with E-state index in [0.717, 1.165) is 0 Å². The SMILES string of the molecule is COC[C@H]1O[C@@H](n2cc(I)c(=O)[nH]c2=O)CC1O. The lowest BCUT2D eigenvalue weighted by Gasteiger charge is -2.15. The molecule has 2 N–H and O–H groups in total. The summed E-state index contributed by atoms with van der Waals surface area (Å²) in [4.78, 5) is 25.1. The predicted octanol–water partition coefficient (Wildman–Crippen LogP) is -0.564. The largest absolute Gasteiger partial charge is 0.390 e. The van der Waals surface area contributed by atoms with Crippen LogP contribution in [0.4, 0.5) is 0 Å². The third-order valence-electron chi connectivity index (χ3n) is 2.77. The molecule has 1 saturated heterocycles. The number of aromatic amines is 1. The summed E-state index contributed by atoms with van der Waals surface area (Å²) in [6, 6.07) is 0. The quantitative estimate of drug-likeness (QED) is 0.698. The van der Waals surface area contributed by atoms with Crippen LogP contribution in [0.1, 0.15) is 12.6 Å². The van der Waals surface area contributed by atoms with Crippen LogP contribution in [0.25, 0.3) is 0 Å². The molecule has 0 spiro atoms. The molecule has 1 aliphatic rings. The average molecular weight is 368 g/mol. The first-order valence-electron chi connectivity index (χ1n) is 5.36. The highest BCUT2D eigenvalue weighted by Gasteiger charge is 2.35. The summed E-state index contributed by atoms with van der Waals surface area (Å²) in [6.07, 6.45) is -0.0226. The van der Waals surface area contributed by atoms with Crippen molar-refractivity contribution in [2.24, 2.45) is 0 Å².